The minimum absolute atomic E-state index is 0.0482. The van der Waals surface area contributed by atoms with Crippen LogP contribution in [0.3, 0.4) is 0 Å². The summed E-state index contributed by atoms with van der Waals surface area (Å²) >= 11 is 0. The molecule has 0 aromatic heterocycles. The molecule has 0 atom stereocenters. The van der Waals surface area contributed by atoms with Crippen LogP contribution in [0.2, 0.25) is 0 Å². The number of carboxylic acid groups (broad SMARTS) is 1. The first-order valence-corrected chi connectivity index (χ1v) is 5.57. The SMILES string of the molecule is N#Cc1cc(NC(=O)NCCOCC(=O)O)ccc1F. The van der Waals surface area contributed by atoms with E-state index in [0.717, 1.165) is 6.07 Å². The molecule has 2 amide bonds. The number of carbonyl (C=O) groups is 2. The Labute approximate surface area is 114 Å². The number of nitrogens with zero attached hydrogens (tertiary/aromatic N) is 1. The zero-order valence-corrected chi connectivity index (χ0v) is 10.4. The molecule has 1 aromatic carbocycles. The van der Waals surface area contributed by atoms with Crippen molar-refractivity contribution in [2.45, 2.75) is 0 Å². The lowest BCUT2D eigenvalue weighted by atomic mass is 10.2. The molecule has 7 nitrogen and oxygen atoms in total. The van der Waals surface area contributed by atoms with E-state index in [2.05, 4.69) is 10.6 Å². The molecule has 0 aliphatic rings. The largest absolute Gasteiger partial charge is 0.480 e. The van der Waals surface area contributed by atoms with E-state index in [1.807, 2.05) is 0 Å². The first kappa shape index (κ1) is 15.4. The normalized spacial score (nSPS) is 9.60. The molecule has 0 unspecified atom stereocenters. The summed E-state index contributed by atoms with van der Waals surface area (Å²) in [5, 5.41) is 21.8. The van der Waals surface area contributed by atoms with Gasteiger partial charge in [-0.15, -0.1) is 0 Å². The van der Waals surface area contributed by atoms with Crippen LogP contribution < -0.4 is 10.6 Å². The van der Waals surface area contributed by atoms with E-state index in [1.165, 1.54) is 12.1 Å². The third-order valence-electron chi connectivity index (χ3n) is 2.10. The van der Waals surface area contributed by atoms with Gasteiger partial charge >= 0.3 is 12.0 Å². The number of anilines is 1. The molecular formula is C12H12FN3O4. The Hall–Kier alpha value is -2.66. The Kier molecular flexibility index (Phi) is 5.93. The number of hydrogen-bond donors (Lipinski definition) is 3. The predicted molar refractivity (Wildman–Crippen MR) is 66.6 cm³/mol. The van der Waals surface area contributed by atoms with Gasteiger partial charge in [-0.05, 0) is 18.2 Å². The van der Waals surface area contributed by atoms with Crippen molar-refractivity contribution >= 4 is 17.7 Å². The molecule has 0 bridgehead atoms. The molecule has 106 valence electrons. The number of nitriles is 1. The molecule has 0 saturated heterocycles. The van der Waals surface area contributed by atoms with Gasteiger partial charge in [0.25, 0.3) is 0 Å². The lowest BCUT2D eigenvalue weighted by Gasteiger charge is -2.08. The average molecular weight is 281 g/mol. The number of carboxylic acids is 1. The zero-order chi connectivity index (χ0) is 15.0. The number of rotatable bonds is 6. The van der Waals surface area contributed by atoms with Gasteiger partial charge in [0.05, 0.1) is 12.2 Å². The molecule has 0 heterocycles. The summed E-state index contributed by atoms with van der Waals surface area (Å²) in [5.41, 5.74) is 0.0968. The lowest BCUT2D eigenvalue weighted by molar-refractivity contribution is -0.142. The second-order valence-corrected chi connectivity index (χ2v) is 3.63. The predicted octanol–water partition coefficient (Wildman–Crippen LogP) is 0.920. The molecule has 0 spiro atoms. The molecule has 0 aliphatic carbocycles. The van der Waals surface area contributed by atoms with Crippen molar-refractivity contribution in [3.05, 3.63) is 29.6 Å². The maximum atomic E-state index is 13.0. The van der Waals surface area contributed by atoms with Crippen molar-refractivity contribution in [1.29, 1.82) is 5.26 Å². The van der Waals surface area contributed by atoms with Crippen LogP contribution in [0.1, 0.15) is 5.56 Å². The monoisotopic (exact) mass is 281 g/mol. The second-order valence-electron chi connectivity index (χ2n) is 3.63. The van der Waals surface area contributed by atoms with Crippen LogP contribution in [0.25, 0.3) is 0 Å². The molecule has 8 heteroatoms. The number of urea groups is 1. The molecule has 0 fully saturated rings. The van der Waals surface area contributed by atoms with Gasteiger partial charge in [-0.3, -0.25) is 0 Å². The average Bonchev–Trinajstić information content (AvgIpc) is 2.40. The number of hydrogen-bond acceptors (Lipinski definition) is 4. The fourth-order valence-corrected chi connectivity index (χ4v) is 1.26. The highest BCUT2D eigenvalue weighted by atomic mass is 19.1. The number of amides is 2. The Bertz CT molecular complexity index is 542. The van der Waals surface area contributed by atoms with Crippen molar-refractivity contribution in [1.82, 2.24) is 5.32 Å². The Morgan fingerprint density at radius 1 is 1.45 bits per heavy atom. The molecule has 1 rings (SSSR count). The highest BCUT2D eigenvalue weighted by molar-refractivity contribution is 5.89. The molecule has 20 heavy (non-hydrogen) atoms. The second kappa shape index (κ2) is 7.70. The van der Waals surface area contributed by atoms with Crippen LogP contribution in [-0.4, -0.2) is 36.9 Å². The van der Waals surface area contributed by atoms with Crippen molar-refractivity contribution in [2.75, 3.05) is 25.1 Å². The highest BCUT2D eigenvalue weighted by Gasteiger charge is 2.05. The molecule has 0 radical (unpaired) electrons. The van der Waals surface area contributed by atoms with Gasteiger partial charge in [0, 0.05) is 12.2 Å². The van der Waals surface area contributed by atoms with Crippen LogP contribution in [-0.2, 0) is 9.53 Å². The van der Waals surface area contributed by atoms with Crippen LogP contribution in [0.5, 0.6) is 0 Å². The molecule has 0 saturated carbocycles. The number of halogens is 1. The van der Waals surface area contributed by atoms with Crippen LogP contribution in [0.15, 0.2) is 18.2 Å². The van der Waals surface area contributed by atoms with Crippen molar-refractivity contribution in [3.8, 4) is 6.07 Å². The summed E-state index contributed by atoms with van der Waals surface area (Å²) < 4.78 is 17.8. The van der Waals surface area contributed by atoms with Gasteiger partial charge < -0.3 is 20.5 Å². The summed E-state index contributed by atoms with van der Waals surface area (Å²) in [7, 11) is 0. The maximum absolute atomic E-state index is 13.0. The Morgan fingerprint density at radius 3 is 2.85 bits per heavy atom. The first-order valence-electron chi connectivity index (χ1n) is 5.57. The smallest absolute Gasteiger partial charge is 0.329 e. The summed E-state index contributed by atoms with van der Waals surface area (Å²) in [6, 6.07) is 4.68. The van der Waals surface area contributed by atoms with Gasteiger partial charge in [-0.1, -0.05) is 0 Å². The third-order valence-corrected chi connectivity index (χ3v) is 2.10. The van der Waals surface area contributed by atoms with E-state index in [-0.39, 0.29) is 24.4 Å². The lowest BCUT2D eigenvalue weighted by Crippen LogP contribution is -2.32. The number of benzene rings is 1. The van der Waals surface area contributed by atoms with E-state index in [4.69, 9.17) is 15.1 Å². The first-order chi connectivity index (χ1) is 9.52. The van der Waals surface area contributed by atoms with Gasteiger partial charge in [0.2, 0.25) is 0 Å². The molecule has 1 aromatic rings. The maximum Gasteiger partial charge on any atom is 0.329 e. The third kappa shape index (κ3) is 5.32. The number of carbonyl (C=O) groups excluding carboxylic acids is 1. The quantitative estimate of drug-likeness (QED) is 0.671. The standard InChI is InChI=1S/C12H12FN3O4/c13-10-2-1-9(5-8(10)6-14)16-12(19)15-3-4-20-7-11(17)18/h1-2,5H,3-4,7H2,(H,17,18)(H2,15,16,19). The summed E-state index contributed by atoms with van der Waals surface area (Å²) in [5.74, 6) is -1.76. The van der Waals surface area contributed by atoms with E-state index in [0.29, 0.717) is 0 Å². The van der Waals surface area contributed by atoms with E-state index >= 15 is 0 Å². The van der Waals surface area contributed by atoms with E-state index in [1.54, 1.807) is 6.07 Å². The summed E-state index contributed by atoms with van der Waals surface area (Å²) in [6.07, 6.45) is 0. The van der Waals surface area contributed by atoms with Crippen molar-refractivity contribution < 1.29 is 23.8 Å². The van der Waals surface area contributed by atoms with Crippen molar-refractivity contribution in [3.63, 3.8) is 0 Å². The fourth-order valence-electron chi connectivity index (χ4n) is 1.26. The Balaban J connectivity index is 2.36. The van der Waals surface area contributed by atoms with Crippen LogP contribution >= 0.6 is 0 Å². The fraction of sp³-hybridized carbons (Fsp3) is 0.250. The summed E-state index contributed by atoms with van der Waals surface area (Å²) in [6.45, 7) is -0.273. The molecular weight excluding hydrogens is 269 g/mol. The van der Waals surface area contributed by atoms with Gasteiger partial charge in [0.1, 0.15) is 18.5 Å². The molecule has 3 N–H and O–H groups in total. The minimum Gasteiger partial charge on any atom is -0.480 e. The summed E-state index contributed by atoms with van der Waals surface area (Å²) in [4.78, 5) is 21.6. The van der Waals surface area contributed by atoms with E-state index < -0.39 is 24.4 Å². The Morgan fingerprint density at radius 2 is 2.20 bits per heavy atom. The minimum atomic E-state index is -1.09. The highest BCUT2D eigenvalue weighted by Crippen LogP contribution is 2.13. The van der Waals surface area contributed by atoms with Gasteiger partial charge in [-0.2, -0.15) is 5.26 Å². The van der Waals surface area contributed by atoms with E-state index in [9.17, 15) is 14.0 Å². The number of ether oxygens (including phenoxy) is 1. The topological polar surface area (TPSA) is 111 Å². The van der Waals surface area contributed by atoms with Crippen LogP contribution in [0.4, 0.5) is 14.9 Å². The number of aliphatic carboxylic acids is 1. The van der Waals surface area contributed by atoms with Gasteiger partial charge in [-0.25, -0.2) is 14.0 Å². The van der Waals surface area contributed by atoms with Crippen molar-refractivity contribution in [2.24, 2.45) is 0 Å². The van der Waals surface area contributed by atoms with Gasteiger partial charge in [0.15, 0.2) is 0 Å². The van der Waals surface area contributed by atoms with Crippen LogP contribution in [0, 0.1) is 17.1 Å². The number of nitrogens with one attached hydrogen (secondary N) is 2. The molecule has 0 aliphatic heterocycles. The zero-order valence-electron chi connectivity index (χ0n) is 10.4.